The van der Waals surface area contributed by atoms with Gasteiger partial charge < -0.3 is 4.90 Å². The van der Waals surface area contributed by atoms with E-state index in [1.807, 2.05) is 35.2 Å². The van der Waals surface area contributed by atoms with Gasteiger partial charge in [-0.1, -0.05) is 37.3 Å². The van der Waals surface area contributed by atoms with Crippen molar-refractivity contribution in [3.8, 4) is 0 Å². The Morgan fingerprint density at radius 2 is 1.64 bits per heavy atom. The number of piperazine rings is 1. The van der Waals surface area contributed by atoms with Crippen LogP contribution in [-0.2, 0) is 14.8 Å². The summed E-state index contributed by atoms with van der Waals surface area (Å²) in [7, 11) is -3.52. The normalized spacial score (nSPS) is 24.4. The fourth-order valence-electron chi connectivity index (χ4n) is 3.53. The number of rotatable bonds is 3. The van der Waals surface area contributed by atoms with Crippen LogP contribution in [0.15, 0.2) is 47.4 Å². The van der Waals surface area contributed by atoms with Crippen LogP contribution in [-0.4, -0.2) is 49.7 Å². The van der Waals surface area contributed by atoms with Gasteiger partial charge in [-0.05, 0) is 35.2 Å². The Morgan fingerprint density at radius 3 is 2.28 bits per heavy atom. The van der Waals surface area contributed by atoms with E-state index in [-0.39, 0.29) is 11.8 Å². The molecule has 0 spiro atoms. The molecule has 0 unspecified atom stereocenters. The second-order valence-corrected chi connectivity index (χ2v) is 9.00. The highest BCUT2D eigenvalue weighted by Gasteiger charge is 2.42. The Labute approximate surface area is 148 Å². The van der Waals surface area contributed by atoms with E-state index in [1.165, 1.54) is 4.31 Å². The second kappa shape index (κ2) is 6.11. The van der Waals surface area contributed by atoms with Crippen LogP contribution < -0.4 is 0 Å². The summed E-state index contributed by atoms with van der Waals surface area (Å²) >= 11 is 0. The van der Waals surface area contributed by atoms with Gasteiger partial charge in [-0.3, -0.25) is 4.79 Å². The zero-order valence-corrected chi connectivity index (χ0v) is 15.1. The van der Waals surface area contributed by atoms with Crippen LogP contribution in [0.25, 0.3) is 10.8 Å². The molecule has 2 aromatic carbocycles. The van der Waals surface area contributed by atoms with Gasteiger partial charge in [0.15, 0.2) is 0 Å². The monoisotopic (exact) mass is 358 g/mol. The molecule has 1 saturated carbocycles. The van der Waals surface area contributed by atoms with Crippen molar-refractivity contribution in [2.24, 2.45) is 11.8 Å². The Kier molecular flexibility index (Phi) is 4.04. The molecular weight excluding hydrogens is 336 g/mol. The first-order valence-corrected chi connectivity index (χ1v) is 10.2. The van der Waals surface area contributed by atoms with Crippen LogP contribution in [0.2, 0.25) is 0 Å². The molecule has 2 aliphatic rings. The number of carbonyl (C=O) groups excluding carboxylic acids is 1. The summed E-state index contributed by atoms with van der Waals surface area (Å²) in [6, 6.07) is 13.0. The SMILES string of the molecule is C[C@H]1C[C@@H]1C(=O)N1CCN(S(=O)(=O)c2ccc3ccccc3c2)CC1. The van der Waals surface area contributed by atoms with Gasteiger partial charge in [-0.25, -0.2) is 8.42 Å². The van der Waals surface area contributed by atoms with Gasteiger partial charge in [-0.15, -0.1) is 0 Å². The number of fused-ring (bicyclic) bond motifs is 1. The van der Waals surface area contributed by atoms with Crippen LogP contribution in [0.5, 0.6) is 0 Å². The van der Waals surface area contributed by atoms with E-state index in [4.69, 9.17) is 0 Å². The zero-order chi connectivity index (χ0) is 17.6. The summed E-state index contributed by atoms with van der Waals surface area (Å²) < 4.78 is 27.4. The number of hydrogen-bond acceptors (Lipinski definition) is 3. The lowest BCUT2D eigenvalue weighted by Crippen LogP contribution is -2.51. The van der Waals surface area contributed by atoms with E-state index in [0.29, 0.717) is 37.0 Å². The first-order chi connectivity index (χ1) is 12.0. The largest absolute Gasteiger partial charge is 0.340 e. The van der Waals surface area contributed by atoms with Gasteiger partial charge in [0.2, 0.25) is 15.9 Å². The third kappa shape index (κ3) is 3.04. The summed E-state index contributed by atoms with van der Waals surface area (Å²) in [6.07, 6.45) is 0.967. The zero-order valence-electron chi connectivity index (χ0n) is 14.3. The first kappa shape index (κ1) is 16.5. The van der Waals surface area contributed by atoms with E-state index < -0.39 is 10.0 Å². The molecule has 2 fully saturated rings. The Morgan fingerprint density at radius 1 is 1.00 bits per heavy atom. The summed E-state index contributed by atoms with van der Waals surface area (Å²) in [5.74, 6) is 0.825. The van der Waals surface area contributed by atoms with Crippen LogP contribution >= 0.6 is 0 Å². The molecule has 1 aliphatic heterocycles. The molecule has 25 heavy (non-hydrogen) atoms. The van der Waals surface area contributed by atoms with Crippen LogP contribution in [0, 0.1) is 11.8 Å². The number of nitrogens with zero attached hydrogens (tertiary/aromatic N) is 2. The third-order valence-corrected chi connectivity index (χ3v) is 7.23. The Hall–Kier alpha value is -1.92. The highest BCUT2D eigenvalue weighted by atomic mass is 32.2. The van der Waals surface area contributed by atoms with Gasteiger partial charge in [0.05, 0.1) is 4.90 Å². The Balaban J connectivity index is 1.50. The van der Waals surface area contributed by atoms with Crippen molar-refractivity contribution in [3.05, 3.63) is 42.5 Å². The van der Waals surface area contributed by atoms with E-state index in [2.05, 4.69) is 6.92 Å². The summed E-state index contributed by atoms with van der Waals surface area (Å²) in [5, 5.41) is 1.94. The molecule has 2 atom stereocenters. The average Bonchev–Trinajstić information content (AvgIpc) is 3.37. The van der Waals surface area contributed by atoms with Crippen molar-refractivity contribution in [1.29, 1.82) is 0 Å². The predicted octanol–water partition coefficient (Wildman–Crippen LogP) is 2.33. The number of hydrogen-bond donors (Lipinski definition) is 0. The molecule has 0 aromatic heterocycles. The molecule has 1 saturated heterocycles. The minimum Gasteiger partial charge on any atom is -0.340 e. The van der Waals surface area contributed by atoms with E-state index >= 15 is 0 Å². The van der Waals surface area contributed by atoms with Gasteiger partial charge in [0.25, 0.3) is 0 Å². The summed E-state index contributed by atoms with van der Waals surface area (Å²) in [6.45, 7) is 3.77. The third-order valence-electron chi connectivity index (χ3n) is 5.34. The van der Waals surface area contributed by atoms with Crippen molar-refractivity contribution < 1.29 is 13.2 Å². The predicted molar refractivity (Wildman–Crippen MR) is 96.6 cm³/mol. The molecule has 0 radical (unpaired) electrons. The van der Waals surface area contributed by atoms with Crippen LogP contribution in [0.3, 0.4) is 0 Å². The number of carbonyl (C=O) groups is 1. The molecule has 6 heteroatoms. The number of sulfonamides is 1. The molecular formula is C19H22N2O3S. The molecule has 4 rings (SSSR count). The molecule has 1 aliphatic carbocycles. The molecule has 2 aromatic rings. The van der Waals surface area contributed by atoms with E-state index in [1.54, 1.807) is 12.1 Å². The highest BCUT2D eigenvalue weighted by molar-refractivity contribution is 7.89. The lowest BCUT2D eigenvalue weighted by Gasteiger charge is -2.34. The van der Waals surface area contributed by atoms with E-state index in [0.717, 1.165) is 17.2 Å². The van der Waals surface area contributed by atoms with Crippen molar-refractivity contribution in [3.63, 3.8) is 0 Å². The van der Waals surface area contributed by atoms with Crippen molar-refractivity contribution in [1.82, 2.24) is 9.21 Å². The highest BCUT2D eigenvalue weighted by Crippen LogP contribution is 2.39. The maximum atomic E-state index is 12.9. The quantitative estimate of drug-likeness (QED) is 0.846. The molecule has 5 nitrogen and oxygen atoms in total. The lowest BCUT2D eigenvalue weighted by atomic mass is 10.1. The minimum atomic E-state index is -3.52. The second-order valence-electron chi connectivity index (χ2n) is 7.06. The van der Waals surface area contributed by atoms with Gasteiger partial charge in [-0.2, -0.15) is 4.31 Å². The van der Waals surface area contributed by atoms with Crippen molar-refractivity contribution in [2.75, 3.05) is 26.2 Å². The fourth-order valence-corrected chi connectivity index (χ4v) is 4.98. The van der Waals surface area contributed by atoms with Crippen LogP contribution in [0.4, 0.5) is 0 Å². The molecule has 0 N–H and O–H groups in total. The first-order valence-electron chi connectivity index (χ1n) is 8.74. The standard InChI is InChI=1S/C19H22N2O3S/c1-14-12-18(14)19(22)20-8-10-21(11-9-20)25(23,24)17-7-6-15-4-2-3-5-16(15)13-17/h2-7,13-14,18H,8-12H2,1H3/t14-,18-/m0/s1. The lowest BCUT2D eigenvalue weighted by molar-refractivity contribution is -0.134. The molecule has 0 bridgehead atoms. The smallest absolute Gasteiger partial charge is 0.243 e. The summed E-state index contributed by atoms with van der Waals surface area (Å²) in [4.78, 5) is 14.4. The fraction of sp³-hybridized carbons (Fsp3) is 0.421. The Bertz CT molecular complexity index is 917. The molecule has 1 heterocycles. The van der Waals surface area contributed by atoms with Crippen molar-refractivity contribution >= 4 is 26.7 Å². The topological polar surface area (TPSA) is 57.7 Å². The molecule has 1 amide bonds. The number of amides is 1. The van der Waals surface area contributed by atoms with Crippen LogP contribution in [0.1, 0.15) is 13.3 Å². The average molecular weight is 358 g/mol. The van der Waals surface area contributed by atoms with Gasteiger partial charge >= 0.3 is 0 Å². The maximum absolute atomic E-state index is 12.9. The summed E-state index contributed by atoms with van der Waals surface area (Å²) in [5.41, 5.74) is 0. The molecule has 132 valence electrons. The number of benzene rings is 2. The van der Waals surface area contributed by atoms with E-state index in [9.17, 15) is 13.2 Å². The minimum absolute atomic E-state index is 0.156. The maximum Gasteiger partial charge on any atom is 0.243 e. The van der Waals surface area contributed by atoms with Gasteiger partial charge in [0, 0.05) is 32.1 Å². The van der Waals surface area contributed by atoms with Crippen molar-refractivity contribution in [2.45, 2.75) is 18.2 Å². The van der Waals surface area contributed by atoms with Gasteiger partial charge in [0.1, 0.15) is 0 Å².